The maximum absolute atomic E-state index is 6.46. The SMILES string of the molecule is Cc1nnc(CN=C(NC2CCCCC2)NC2CCCN(c3ccccc3Cl)C2)n1C.I. The van der Waals surface area contributed by atoms with Crippen LogP contribution in [-0.4, -0.2) is 45.9 Å². The van der Waals surface area contributed by atoms with E-state index < -0.39 is 0 Å². The summed E-state index contributed by atoms with van der Waals surface area (Å²) in [4.78, 5) is 7.28. The molecule has 0 spiro atoms. The molecule has 176 valence electrons. The highest BCUT2D eigenvalue weighted by atomic mass is 127. The fourth-order valence-electron chi connectivity index (χ4n) is 4.53. The molecule has 32 heavy (non-hydrogen) atoms. The highest BCUT2D eigenvalue weighted by Crippen LogP contribution is 2.27. The van der Waals surface area contributed by atoms with Crippen molar-refractivity contribution in [2.24, 2.45) is 12.0 Å². The van der Waals surface area contributed by atoms with Crippen LogP contribution in [0.2, 0.25) is 5.02 Å². The van der Waals surface area contributed by atoms with Crippen LogP contribution >= 0.6 is 35.6 Å². The van der Waals surface area contributed by atoms with E-state index in [1.165, 1.54) is 32.1 Å². The molecule has 0 bridgehead atoms. The zero-order valence-corrected chi connectivity index (χ0v) is 22.1. The number of benzene rings is 1. The average molecular weight is 572 g/mol. The molecule has 0 radical (unpaired) electrons. The first-order valence-electron chi connectivity index (χ1n) is 11.5. The van der Waals surface area contributed by atoms with Gasteiger partial charge in [-0.25, -0.2) is 4.99 Å². The van der Waals surface area contributed by atoms with Crippen LogP contribution in [0.15, 0.2) is 29.3 Å². The van der Waals surface area contributed by atoms with Crippen LogP contribution < -0.4 is 15.5 Å². The van der Waals surface area contributed by atoms with Crippen molar-refractivity contribution in [1.82, 2.24) is 25.4 Å². The van der Waals surface area contributed by atoms with Gasteiger partial charge in [-0.1, -0.05) is 43.0 Å². The molecule has 7 nitrogen and oxygen atoms in total. The first kappa shape index (κ1) is 25.1. The van der Waals surface area contributed by atoms with Crippen molar-refractivity contribution in [3.8, 4) is 0 Å². The Kier molecular flexibility index (Phi) is 9.46. The molecular formula is C23H35ClIN7. The normalized spacial score (nSPS) is 20.0. The molecule has 0 amide bonds. The van der Waals surface area contributed by atoms with E-state index in [0.717, 1.165) is 54.2 Å². The predicted molar refractivity (Wildman–Crippen MR) is 142 cm³/mol. The molecular weight excluding hydrogens is 537 g/mol. The summed E-state index contributed by atoms with van der Waals surface area (Å²) in [5.74, 6) is 2.67. The van der Waals surface area contributed by atoms with Crippen molar-refractivity contribution in [1.29, 1.82) is 0 Å². The smallest absolute Gasteiger partial charge is 0.192 e. The molecule has 1 aromatic heterocycles. The standard InChI is InChI=1S/C23H34ClN7.HI/c1-17-28-29-22(30(17)2)15-25-23(26-18-9-4-3-5-10-18)27-19-11-8-14-31(16-19)21-13-7-6-12-20(21)24;/h6-7,12-13,18-19H,3-5,8-11,14-16H2,1-2H3,(H2,25,26,27);1H. The van der Waals surface area contributed by atoms with Gasteiger partial charge in [-0.15, -0.1) is 34.2 Å². The molecule has 1 unspecified atom stereocenters. The van der Waals surface area contributed by atoms with E-state index in [9.17, 15) is 0 Å². The number of aromatic nitrogens is 3. The molecule has 1 atom stereocenters. The second-order valence-electron chi connectivity index (χ2n) is 8.75. The summed E-state index contributed by atoms with van der Waals surface area (Å²) in [6.45, 7) is 4.42. The number of piperidine rings is 1. The minimum absolute atomic E-state index is 0. The number of halogens is 2. The van der Waals surface area contributed by atoms with Gasteiger partial charge in [0, 0.05) is 32.2 Å². The van der Waals surface area contributed by atoms with Crippen LogP contribution in [0.1, 0.15) is 56.6 Å². The molecule has 2 N–H and O–H groups in total. The Bertz CT molecular complexity index is 894. The second-order valence-corrected chi connectivity index (χ2v) is 9.15. The zero-order valence-electron chi connectivity index (χ0n) is 19.1. The molecule has 4 rings (SSSR count). The van der Waals surface area contributed by atoms with Crippen molar-refractivity contribution >= 4 is 47.2 Å². The lowest BCUT2D eigenvalue weighted by Crippen LogP contribution is -2.53. The Balaban J connectivity index is 0.00000289. The van der Waals surface area contributed by atoms with Gasteiger partial charge in [0.15, 0.2) is 11.8 Å². The Morgan fingerprint density at radius 2 is 1.78 bits per heavy atom. The van der Waals surface area contributed by atoms with Gasteiger partial charge in [-0.2, -0.15) is 0 Å². The second kappa shape index (κ2) is 12.1. The maximum Gasteiger partial charge on any atom is 0.192 e. The summed E-state index contributed by atoms with van der Waals surface area (Å²) in [6, 6.07) is 8.92. The van der Waals surface area contributed by atoms with Gasteiger partial charge in [0.25, 0.3) is 0 Å². The number of aryl methyl sites for hydroxylation is 1. The van der Waals surface area contributed by atoms with Crippen LogP contribution in [0.25, 0.3) is 0 Å². The van der Waals surface area contributed by atoms with Crippen LogP contribution in [0.4, 0.5) is 5.69 Å². The minimum atomic E-state index is 0. The maximum atomic E-state index is 6.46. The number of aliphatic imine (C=N–C) groups is 1. The number of nitrogens with one attached hydrogen (secondary N) is 2. The van der Waals surface area contributed by atoms with E-state index in [0.29, 0.717) is 18.6 Å². The van der Waals surface area contributed by atoms with Gasteiger partial charge in [0.2, 0.25) is 0 Å². The Morgan fingerprint density at radius 1 is 1.06 bits per heavy atom. The molecule has 9 heteroatoms. The topological polar surface area (TPSA) is 70.4 Å². The summed E-state index contributed by atoms with van der Waals surface area (Å²) in [5, 5.41) is 16.7. The number of para-hydroxylation sites is 1. The summed E-state index contributed by atoms with van der Waals surface area (Å²) >= 11 is 6.46. The molecule has 1 aliphatic heterocycles. The van der Waals surface area contributed by atoms with Gasteiger partial charge in [0.05, 0.1) is 10.7 Å². The first-order chi connectivity index (χ1) is 15.1. The summed E-state index contributed by atoms with van der Waals surface area (Å²) < 4.78 is 2.00. The molecule has 2 heterocycles. The Labute approximate surface area is 213 Å². The third-order valence-corrected chi connectivity index (χ3v) is 6.78. The highest BCUT2D eigenvalue weighted by molar-refractivity contribution is 14.0. The van der Waals surface area contributed by atoms with Crippen LogP contribution in [0.3, 0.4) is 0 Å². The van der Waals surface area contributed by atoms with Crippen molar-refractivity contribution in [3.63, 3.8) is 0 Å². The largest absolute Gasteiger partial charge is 0.368 e. The third kappa shape index (κ3) is 6.50. The van der Waals surface area contributed by atoms with Crippen LogP contribution in [-0.2, 0) is 13.6 Å². The average Bonchev–Trinajstić information content (AvgIpc) is 3.11. The molecule has 2 fully saturated rings. The zero-order chi connectivity index (χ0) is 21.6. The van der Waals surface area contributed by atoms with Crippen molar-refractivity contribution in [2.75, 3.05) is 18.0 Å². The molecule has 1 aromatic carbocycles. The molecule has 1 saturated heterocycles. The van der Waals surface area contributed by atoms with E-state index in [-0.39, 0.29) is 24.0 Å². The number of anilines is 1. The number of nitrogens with zero attached hydrogens (tertiary/aromatic N) is 5. The third-order valence-electron chi connectivity index (χ3n) is 6.46. The van der Waals surface area contributed by atoms with Crippen molar-refractivity contribution < 1.29 is 0 Å². The number of guanidine groups is 1. The first-order valence-corrected chi connectivity index (χ1v) is 11.9. The van der Waals surface area contributed by atoms with Crippen LogP contribution in [0.5, 0.6) is 0 Å². The van der Waals surface area contributed by atoms with Gasteiger partial charge >= 0.3 is 0 Å². The Hall–Kier alpha value is -1.55. The lowest BCUT2D eigenvalue weighted by atomic mass is 9.96. The number of hydrogen-bond donors (Lipinski definition) is 2. The molecule has 2 aliphatic rings. The van der Waals surface area contributed by atoms with E-state index in [4.69, 9.17) is 16.6 Å². The summed E-state index contributed by atoms with van der Waals surface area (Å²) in [7, 11) is 1.99. The van der Waals surface area contributed by atoms with Crippen molar-refractivity contribution in [2.45, 2.75) is 70.5 Å². The summed E-state index contributed by atoms with van der Waals surface area (Å²) in [5.41, 5.74) is 1.11. The molecule has 2 aromatic rings. The summed E-state index contributed by atoms with van der Waals surface area (Å²) in [6.07, 6.45) is 8.58. The minimum Gasteiger partial charge on any atom is -0.368 e. The van der Waals surface area contributed by atoms with E-state index >= 15 is 0 Å². The number of rotatable bonds is 5. The van der Waals surface area contributed by atoms with E-state index in [2.05, 4.69) is 37.9 Å². The lowest BCUT2D eigenvalue weighted by molar-refractivity contribution is 0.402. The lowest BCUT2D eigenvalue weighted by Gasteiger charge is -2.36. The number of hydrogen-bond acceptors (Lipinski definition) is 4. The van der Waals surface area contributed by atoms with Gasteiger partial charge in [-0.3, -0.25) is 0 Å². The monoisotopic (exact) mass is 571 g/mol. The predicted octanol–water partition coefficient (Wildman–Crippen LogP) is 4.43. The van der Waals surface area contributed by atoms with Crippen molar-refractivity contribution in [3.05, 3.63) is 40.9 Å². The van der Waals surface area contributed by atoms with Crippen LogP contribution in [0, 0.1) is 6.92 Å². The molecule has 1 aliphatic carbocycles. The fraction of sp³-hybridized carbons (Fsp3) is 0.609. The van der Waals surface area contributed by atoms with E-state index in [1.54, 1.807) is 0 Å². The van der Waals surface area contributed by atoms with Gasteiger partial charge in [0.1, 0.15) is 12.4 Å². The van der Waals surface area contributed by atoms with Gasteiger partial charge < -0.3 is 20.1 Å². The molecule has 1 saturated carbocycles. The van der Waals surface area contributed by atoms with Gasteiger partial charge in [-0.05, 0) is 44.7 Å². The highest BCUT2D eigenvalue weighted by Gasteiger charge is 2.23. The Morgan fingerprint density at radius 3 is 2.50 bits per heavy atom. The van der Waals surface area contributed by atoms with E-state index in [1.807, 2.05) is 30.7 Å². The quantitative estimate of drug-likeness (QED) is 0.316. The fourth-order valence-corrected chi connectivity index (χ4v) is 4.78.